The quantitative estimate of drug-likeness (QED) is 0.899. The number of nitrogen functional groups attached to an aromatic ring is 1. The van der Waals surface area contributed by atoms with Gasteiger partial charge in [0, 0.05) is 30.2 Å². The Bertz CT molecular complexity index is 480. The highest BCUT2D eigenvalue weighted by Crippen LogP contribution is 2.18. The van der Waals surface area contributed by atoms with Crippen LogP contribution in [0, 0.1) is 0 Å². The first kappa shape index (κ1) is 13.1. The summed E-state index contributed by atoms with van der Waals surface area (Å²) >= 11 is 1.79. The highest BCUT2D eigenvalue weighted by molar-refractivity contribution is 7.09. The summed E-state index contributed by atoms with van der Waals surface area (Å²) in [6, 6.07) is 8.51. The number of nitrogens with two attached hydrogens (primary N) is 1. The van der Waals surface area contributed by atoms with E-state index in [1.165, 1.54) is 4.88 Å². The normalized spacial score (nSPS) is 11.3. The van der Waals surface area contributed by atoms with Crippen LogP contribution in [0.25, 0.3) is 0 Å². The van der Waals surface area contributed by atoms with Crippen LogP contribution in [0.3, 0.4) is 0 Å². The van der Waals surface area contributed by atoms with Crippen LogP contribution in [0.1, 0.15) is 24.4 Å². The Labute approximate surface area is 112 Å². The lowest BCUT2D eigenvalue weighted by Crippen LogP contribution is -2.30. The molecule has 0 aliphatic carbocycles. The molecule has 2 heterocycles. The summed E-state index contributed by atoms with van der Waals surface area (Å²) in [5.74, 6) is 0. The van der Waals surface area contributed by atoms with Gasteiger partial charge in [0.15, 0.2) is 0 Å². The first-order valence-electron chi connectivity index (χ1n) is 6.12. The van der Waals surface area contributed by atoms with Gasteiger partial charge in [0.1, 0.15) is 0 Å². The van der Waals surface area contributed by atoms with Crippen molar-refractivity contribution in [3.63, 3.8) is 0 Å². The van der Waals surface area contributed by atoms with E-state index in [2.05, 4.69) is 41.2 Å². The molecule has 18 heavy (non-hydrogen) atoms. The zero-order valence-electron chi connectivity index (χ0n) is 10.8. The van der Waals surface area contributed by atoms with Crippen molar-refractivity contribution in [2.24, 2.45) is 0 Å². The number of anilines is 1. The summed E-state index contributed by atoms with van der Waals surface area (Å²) in [7, 11) is 0. The minimum absolute atomic E-state index is 0.466. The molecule has 96 valence electrons. The van der Waals surface area contributed by atoms with Crippen LogP contribution >= 0.6 is 11.3 Å². The molecule has 2 aromatic rings. The van der Waals surface area contributed by atoms with Crippen molar-refractivity contribution in [2.75, 3.05) is 5.73 Å². The fourth-order valence-corrected chi connectivity index (χ4v) is 2.53. The summed E-state index contributed by atoms with van der Waals surface area (Å²) < 4.78 is 0. The predicted molar refractivity (Wildman–Crippen MR) is 77.4 cm³/mol. The maximum atomic E-state index is 5.96. The molecular weight excluding hydrogens is 242 g/mol. The Morgan fingerprint density at radius 1 is 1.28 bits per heavy atom. The van der Waals surface area contributed by atoms with E-state index in [1.54, 1.807) is 17.5 Å². The Balaban J connectivity index is 2.09. The molecule has 0 bridgehead atoms. The van der Waals surface area contributed by atoms with Crippen LogP contribution in [-0.2, 0) is 13.1 Å². The van der Waals surface area contributed by atoms with Gasteiger partial charge in [0.05, 0.1) is 11.4 Å². The zero-order valence-corrected chi connectivity index (χ0v) is 11.7. The second-order valence-electron chi connectivity index (χ2n) is 4.62. The van der Waals surface area contributed by atoms with E-state index in [0.29, 0.717) is 6.04 Å². The van der Waals surface area contributed by atoms with Crippen LogP contribution in [0.15, 0.2) is 35.8 Å². The van der Waals surface area contributed by atoms with Gasteiger partial charge in [-0.05, 0) is 37.4 Å². The van der Waals surface area contributed by atoms with Gasteiger partial charge < -0.3 is 5.73 Å². The van der Waals surface area contributed by atoms with Crippen molar-refractivity contribution in [3.8, 4) is 0 Å². The Morgan fingerprint density at radius 3 is 2.72 bits per heavy atom. The van der Waals surface area contributed by atoms with Crippen molar-refractivity contribution >= 4 is 17.0 Å². The number of rotatable bonds is 5. The van der Waals surface area contributed by atoms with Crippen LogP contribution in [-0.4, -0.2) is 15.9 Å². The van der Waals surface area contributed by atoms with E-state index in [-0.39, 0.29) is 0 Å². The Hall–Kier alpha value is -1.39. The first-order chi connectivity index (χ1) is 8.66. The third-order valence-electron chi connectivity index (χ3n) is 2.95. The fraction of sp³-hybridized carbons (Fsp3) is 0.357. The lowest BCUT2D eigenvalue weighted by molar-refractivity contribution is 0.203. The van der Waals surface area contributed by atoms with Crippen LogP contribution < -0.4 is 5.73 Å². The highest BCUT2D eigenvalue weighted by atomic mass is 32.1. The molecule has 0 atom stereocenters. The molecule has 0 fully saturated rings. The van der Waals surface area contributed by atoms with Gasteiger partial charge in [-0.1, -0.05) is 6.07 Å². The van der Waals surface area contributed by atoms with Gasteiger partial charge in [0.25, 0.3) is 0 Å². The molecule has 0 saturated carbocycles. The number of nitrogens with zero attached hydrogens (tertiary/aromatic N) is 2. The summed E-state index contributed by atoms with van der Waals surface area (Å²) in [6.45, 7) is 6.15. The molecule has 4 heteroatoms. The third-order valence-corrected chi connectivity index (χ3v) is 3.81. The summed E-state index contributed by atoms with van der Waals surface area (Å²) in [4.78, 5) is 8.12. The molecule has 2 rings (SSSR count). The number of hydrogen-bond donors (Lipinski definition) is 1. The summed E-state index contributed by atoms with van der Waals surface area (Å²) in [5, 5.41) is 2.11. The highest BCUT2D eigenvalue weighted by Gasteiger charge is 2.13. The fourth-order valence-electron chi connectivity index (χ4n) is 1.80. The molecule has 0 aromatic carbocycles. The Morgan fingerprint density at radius 2 is 2.11 bits per heavy atom. The second kappa shape index (κ2) is 5.98. The van der Waals surface area contributed by atoms with E-state index in [0.717, 1.165) is 24.5 Å². The molecule has 0 unspecified atom stereocenters. The minimum Gasteiger partial charge on any atom is -0.397 e. The molecule has 0 amide bonds. The van der Waals surface area contributed by atoms with Gasteiger partial charge in [-0.25, -0.2) is 0 Å². The SMILES string of the molecule is CC(C)N(Cc1cccs1)Cc1ncccc1N. The molecule has 0 radical (unpaired) electrons. The van der Waals surface area contributed by atoms with E-state index in [1.807, 2.05) is 12.1 Å². The van der Waals surface area contributed by atoms with Gasteiger partial charge in [0.2, 0.25) is 0 Å². The van der Waals surface area contributed by atoms with Crippen LogP contribution in [0.5, 0.6) is 0 Å². The summed E-state index contributed by atoms with van der Waals surface area (Å²) in [6.07, 6.45) is 1.80. The molecule has 0 aliphatic heterocycles. The van der Waals surface area contributed by atoms with E-state index in [9.17, 15) is 0 Å². The molecule has 3 nitrogen and oxygen atoms in total. The number of pyridine rings is 1. The van der Waals surface area contributed by atoms with Crippen molar-refractivity contribution in [2.45, 2.75) is 33.0 Å². The summed E-state index contributed by atoms with van der Waals surface area (Å²) in [5.41, 5.74) is 7.69. The molecule has 0 aliphatic rings. The largest absolute Gasteiger partial charge is 0.397 e. The lowest BCUT2D eigenvalue weighted by Gasteiger charge is -2.25. The Kier molecular flexibility index (Phi) is 4.33. The van der Waals surface area contributed by atoms with Crippen molar-refractivity contribution in [3.05, 3.63) is 46.4 Å². The van der Waals surface area contributed by atoms with Crippen LogP contribution in [0.2, 0.25) is 0 Å². The lowest BCUT2D eigenvalue weighted by atomic mass is 10.2. The van der Waals surface area contributed by atoms with E-state index < -0.39 is 0 Å². The van der Waals surface area contributed by atoms with E-state index in [4.69, 9.17) is 5.73 Å². The predicted octanol–water partition coefficient (Wildman–Crippen LogP) is 3.14. The monoisotopic (exact) mass is 261 g/mol. The molecule has 0 spiro atoms. The van der Waals surface area contributed by atoms with Crippen molar-refractivity contribution in [1.82, 2.24) is 9.88 Å². The van der Waals surface area contributed by atoms with Gasteiger partial charge in [-0.3, -0.25) is 9.88 Å². The zero-order chi connectivity index (χ0) is 13.0. The second-order valence-corrected chi connectivity index (χ2v) is 5.65. The van der Waals surface area contributed by atoms with Crippen LogP contribution in [0.4, 0.5) is 5.69 Å². The number of hydrogen-bond acceptors (Lipinski definition) is 4. The van der Waals surface area contributed by atoms with E-state index >= 15 is 0 Å². The third kappa shape index (κ3) is 3.31. The topological polar surface area (TPSA) is 42.2 Å². The standard InChI is InChI=1S/C14H19N3S/c1-11(2)17(9-12-5-4-8-18-12)10-14-13(15)6-3-7-16-14/h3-8,11H,9-10,15H2,1-2H3. The molecule has 2 N–H and O–H groups in total. The molecular formula is C14H19N3S. The van der Waals surface area contributed by atoms with Gasteiger partial charge in [-0.2, -0.15) is 0 Å². The number of aromatic nitrogens is 1. The smallest absolute Gasteiger partial charge is 0.0772 e. The maximum absolute atomic E-state index is 5.96. The van der Waals surface area contributed by atoms with Gasteiger partial charge in [-0.15, -0.1) is 11.3 Å². The average molecular weight is 261 g/mol. The molecule has 2 aromatic heterocycles. The molecule has 0 saturated heterocycles. The van der Waals surface area contributed by atoms with Gasteiger partial charge >= 0.3 is 0 Å². The maximum Gasteiger partial charge on any atom is 0.0772 e. The van der Waals surface area contributed by atoms with Crippen molar-refractivity contribution in [1.29, 1.82) is 0 Å². The average Bonchev–Trinajstić information content (AvgIpc) is 2.83. The minimum atomic E-state index is 0.466. The first-order valence-corrected chi connectivity index (χ1v) is 7.00. The number of thiophene rings is 1. The van der Waals surface area contributed by atoms with Crippen molar-refractivity contribution < 1.29 is 0 Å².